The van der Waals surface area contributed by atoms with Crippen LogP contribution in [0.5, 0.6) is 0 Å². The van der Waals surface area contributed by atoms with E-state index in [0.717, 1.165) is 38.4 Å². The lowest BCUT2D eigenvalue weighted by Crippen LogP contribution is -2.46. The highest BCUT2D eigenvalue weighted by Gasteiger charge is 2.18. The number of hydrogen-bond donors (Lipinski definition) is 1. The third-order valence-corrected chi connectivity index (χ3v) is 4.12. The van der Waals surface area contributed by atoms with Gasteiger partial charge < -0.3 is 15.1 Å². The molecule has 1 fully saturated rings. The van der Waals surface area contributed by atoms with Crippen molar-refractivity contribution in [2.45, 2.75) is 19.8 Å². The number of piperazine rings is 1. The van der Waals surface area contributed by atoms with Crippen molar-refractivity contribution in [2.75, 3.05) is 41.3 Å². The van der Waals surface area contributed by atoms with E-state index >= 15 is 0 Å². The molecule has 0 unspecified atom stereocenters. The van der Waals surface area contributed by atoms with Crippen LogP contribution in [-0.4, -0.2) is 42.3 Å². The average molecular weight is 325 g/mol. The first kappa shape index (κ1) is 16.2. The molecule has 0 bridgehead atoms. The Morgan fingerprint density at radius 2 is 1.71 bits per heavy atom. The molecular weight excluding hydrogens is 302 g/mol. The summed E-state index contributed by atoms with van der Waals surface area (Å²) in [5.74, 6) is 1.35. The van der Waals surface area contributed by atoms with E-state index in [0.29, 0.717) is 12.2 Å². The first-order valence-electron chi connectivity index (χ1n) is 8.45. The molecule has 6 heteroatoms. The Balaban J connectivity index is 1.55. The van der Waals surface area contributed by atoms with E-state index in [-0.39, 0.29) is 5.91 Å². The molecule has 0 saturated carbocycles. The van der Waals surface area contributed by atoms with E-state index < -0.39 is 0 Å². The van der Waals surface area contributed by atoms with Crippen molar-refractivity contribution < 1.29 is 4.79 Å². The standard InChI is InChI=1S/C18H23N5O/c1-2-6-18(24)19-16-9-10-17(21-20-16)23-13-11-22(12-14-23)15-7-4-3-5-8-15/h3-5,7-10H,2,6,11-14H2,1H3,(H,19,20,24). The molecule has 0 radical (unpaired) electrons. The topological polar surface area (TPSA) is 61.4 Å². The summed E-state index contributed by atoms with van der Waals surface area (Å²) in [5.41, 5.74) is 1.26. The molecule has 126 valence electrons. The van der Waals surface area contributed by atoms with Crippen molar-refractivity contribution >= 4 is 23.2 Å². The maximum absolute atomic E-state index is 11.6. The van der Waals surface area contributed by atoms with Gasteiger partial charge in [-0.15, -0.1) is 10.2 Å². The van der Waals surface area contributed by atoms with E-state index in [9.17, 15) is 4.79 Å². The number of nitrogens with one attached hydrogen (secondary N) is 1. The van der Waals surface area contributed by atoms with Crippen molar-refractivity contribution in [3.63, 3.8) is 0 Å². The molecule has 1 aliphatic heterocycles. The zero-order valence-corrected chi connectivity index (χ0v) is 14.0. The van der Waals surface area contributed by atoms with Crippen molar-refractivity contribution in [1.29, 1.82) is 0 Å². The van der Waals surface area contributed by atoms with Crippen LogP contribution >= 0.6 is 0 Å². The summed E-state index contributed by atoms with van der Waals surface area (Å²) in [7, 11) is 0. The van der Waals surface area contributed by atoms with Gasteiger partial charge >= 0.3 is 0 Å². The number of carbonyl (C=O) groups is 1. The van der Waals surface area contributed by atoms with Crippen LogP contribution in [-0.2, 0) is 4.79 Å². The number of anilines is 3. The summed E-state index contributed by atoms with van der Waals surface area (Å²) in [6.07, 6.45) is 1.33. The predicted octanol–water partition coefficient (Wildman–Crippen LogP) is 2.54. The van der Waals surface area contributed by atoms with Gasteiger partial charge in [0.25, 0.3) is 0 Å². The molecular formula is C18H23N5O. The van der Waals surface area contributed by atoms with Crippen LogP contribution in [0.1, 0.15) is 19.8 Å². The Morgan fingerprint density at radius 1 is 1.00 bits per heavy atom. The lowest BCUT2D eigenvalue weighted by molar-refractivity contribution is -0.116. The number of aromatic nitrogens is 2. The quantitative estimate of drug-likeness (QED) is 0.915. The van der Waals surface area contributed by atoms with E-state index in [2.05, 4.69) is 49.6 Å². The van der Waals surface area contributed by atoms with E-state index in [1.54, 1.807) is 0 Å². The second kappa shape index (κ2) is 7.77. The third kappa shape index (κ3) is 4.01. The summed E-state index contributed by atoms with van der Waals surface area (Å²) >= 11 is 0. The van der Waals surface area contributed by atoms with Gasteiger partial charge in [-0.05, 0) is 30.7 Å². The SMILES string of the molecule is CCCC(=O)Nc1ccc(N2CCN(c3ccccc3)CC2)nn1. The minimum Gasteiger partial charge on any atom is -0.368 e. The zero-order valence-electron chi connectivity index (χ0n) is 14.0. The van der Waals surface area contributed by atoms with Crippen molar-refractivity contribution in [3.05, 3.63) is 42.5 Å². The van der Waals surface area contributed by atoms with Crippen molar-refractivity contribution in [2.24, 2.45) is 0 Å². The Labute approximate surface area is 142 Å². The van der Waals surface area contributed by atoms with E-state index in [4.69, 9.17) is 0 Å². The molecule has 1 aliphatic rings. The maximum atomic E-state index is 11.6. The van der Waals surface area contributed by atoms with Gasteiger partial charge in [-0.1, -0.05) is 25.1 Å². The van der Waals surface area contributed by atoms with Gasteiger partial charge in [0.2, 0.25) is 5.91 Å². The summed E-state index contributed by atoms with van der Waals surface area (Å²) in [4.78, 5) is 16.2. The van der Waals surface area contributed by atoms with Gasteiger partial charge in [0.15, 0.2) is 11.6 Å². The average Bonchev–Trinajstić information content (AvgIpc) is 2.63. The van der Waals surface area contributed by atoms with Crippen LogP contribution < -0.4 is 15.1 Å². The monoisotopic (exact) mass is 325 g/mol. The Kier molecular flexibility index (Phi) is 5.25. The lowest BCUT2D eigenvalue weighted by atomic mass is 10.2. The van der Waals surface area contributed by atoms with Crippen molar-refractivity contribution in [3.8, 4) is 0 Å². The molecule has 2 aromatic rings. The molecule has 1 aromatic carbocycles. The molecule has 2 heterocycles. The smallest absolute Gasteiger partial charge is 0.225 e. The van der Waals surface area contributed by atoms with Gasteiger partial charge in [0.05, 0.1) is 0 Å². The second-order valence-corrected chi connectivity index (χ2v) is 5.88. The largest absolute Gasteiger partial charge is 0.368 e. The minimum atomic E-state index is -0.0176. The van der Waals surface area contributed by atoms with Crippen LogP contribution in [0.15, 0.2) is 42.5 Å². The van der Waals surface area contributed by atoms with Crippen LogP contribution in [0.2, 0.25) is 0 Å². The molecule has 1 saturated heterocycles. The molecule has 24 heavy (non-hydrogen) atoms. The first-order valence-corrected chi connectivity index (χ1v) is 8.45. The number of rotatable bonds is 5. The Bertz CT molecular complexity index is 651. The number of benzene rings is 1. The highest BCUT2D eigenvalue weighted by atomic mass is 16.1. The third-order valence-electron chi connectivity index (χ3n) is 4.12. The molecule has 1 amide bonds. The number of para-hydroxylation sites is 1. The predicted molar refractivity (Wildman–Crippen MR) is 96.4 cm³/mol. The number of amides is 1. The fraction of sp³-hybridized carbons (Fsp3) is 0.389. The number of nitrogens with zero attached hydrogens (tertiary/aromatic N) is 4. The lowest BCUT2D eigenvalue weighted by Gasteiger charge is -2.36. The zero-order chi connectivity index (χ0) is 16.8. The number of hydrogen-bond acceptors (Lipinski definition) is 5. The van der Waals surface area contributed by atoms with Crippen LogP contribution in [0, 0.1) is 0 Å². The Morgan fingerprint density at radius 3 is 2.33 bits per heavy atom. The normalized spacial score (nSPS) is 14.5. The van der Waals surface area contributed by atoms with Gasteiger partial charge in [-0.25, -0.2) is 0 Å². The number of carbonyl (C=O) groups excluding carboxylic acids is 1. The fourth-order valence-corrected chi connectivity index (χ4v) is 2.83. The summed E-state index contributed by atoms with van der Waals surface area (Å²) in [6.45, 7) is 5.71. The first-order chi connectivity index (χ1) is 11.8. The van der Waals surface area contributed by atoms with E-state index in [1.807, 2.05) is 25.1 Å². The van der Waals surface area contributed by atoms with E-state index in [1.165, 1.54) is 5.69 Å². The molecule has 0 spiro atoms. The molecule has 1 N–H and O–H groups in total. The second-order valence-electron chi connectivity index (χ2n) is 5.88. The fourth-order valence-electron chi connectivity index (χ4n) is 2.83. The highest BCUT2D eigenvalue weighted by Crippen LogP contribution is 2.19. The summed E-state index contributed by atoms with van der Waals surface area (Å²) < 4.78 is 0. The van der Waals surface area contributed by atoms with Crippen LogP contribution in [0.3, 0.4) is 0 Å². The molecule has 1 aromatic heterocycles. The highest BCUT2D eigenvalue weighted by molar-refractivity contribution is 5.89. The van der Waals surface area contributed by atoms with Gasteiger partial charge in [0, 0.05) is 38.3 Å². The molecule has 0 atom stereocenters. The van der Waals surface area contributed by atoms with Crippen molar-refractivity contribution in [1.82, 2.24) is 10.2 Å². The van der Waals surface area contributed by atoms with Gasteiger partial charge in [0.1, 0.15) is 0 Å². The van der Waals surface area contributed by atoms with Gasteiger partial charge in [-0.3, -0.25) is 4.79 Å². The molecule has 0 aliphatic carbocycles. The molecule has 6 nitrogen and oxygen atoms in total. The molecule has 3 rings (SSSR count). The van der Waals surface area contributed by atoms with Crippen LogP contribution in [0.25, 0.3) is 0 Å². The van der Waals surface area contributed by atoms with Gasteiger partial charge in [-0.2, -0.15) is 0 Å². The minimum absolute atomic E-state index is 0.0176. The maximum Gasteiger partial charge on any atom is 0.225 e. The Hall–Kier alpha value is -2.63. The summed E-state index contributed by atoms with van der Waals surface area (Å²) in [6, 6.07) is 14.2. The summed E-state index contributed by atoms with van der Waals surface area (Å²) in [5, 5.41) is 11.1. The van der Waals surface area contributed by atoms with Crippen LogP contribution in [0.4, 0.5) is 17.3 Å².